The summed E-state index contributed by atoms with van der Waals surface area (Å²) in [6.45, 7) is 10.3. The van der Waals surface area contributed by atoms with Gasteiger partial charge in [-0.2, -0.15) is 0 Å². The minimum atomic E-state index is -0.143. The van der Waals surface area contributed by atoms with E-state index in [2.05, 4.69) is 71.4 Å². The van der Waals surface area contributed by atoms with Gasteiger partial charge in [0.05, 0.1) is 5.56 Å². The van der Waals surface area contributed by atoms with Gasteiger partial charge in [-0.1, -0.05) is 45.9 Å². The molecule has 28 heavy (non-hydrogen) atoms. The Morgan fingerprint density at radius 2 is 1.61 bits per heavy atom. The van der Waals surface area contributed by atoms with Crippen molar-refractivity contribution in [3.8, 4) is 0 Å². The zero-order chi connectivity index (χ0) is 20.7. The van der Waals surface area contributed by atoms with Gasteiger partial charge in [0, 0.05) is 24.6 Å². The molecule has 0 radical (unpaired) electrons. The fraction of sp³-hybridized carbons (Fsp3) is 0.500. The highest BCUT2D eigenvalue weighted by atomic mass is 16.1. The van der Waals surface area contributed by atoms with E-state index in [0.717, 1.165) is 18.7 Å². The number of anilines is 2. The van der Waals surface area contributed by atoms with Gasteiger partial charge in [-0.15, -0.1) is 0 Å². The van der Waals surface area contributed by atoms with E-state index >= 15 is 0 Å². The molecule has 1 amide bonds. The van der Waals surface area contributed by atoms with Crippen molar-refractivity contribution in [2.45, 2.75) is 46.0 Å². The smallest absolute Gasteiger partial charge is 0.254 e. The second kappa shape index (κ2) is 10.2. The average molecular weight is 384 g/mol. The second-order valence-corrected chi connectivity index (χ2v) is 7.95. The molecule has 0 unspecified atom stereocenters. The SMILES string of the molecule is CC(C)c1cccc(C(C)C)c1Nc1ncc(C(=O)NCCCN(C)C)cn1. The molecule has 0 saturated heterocycles. The number of hydrogen-bond donors (Lipinski definition) is 2. The Morgan fingerprint density at radius 3 is 2.11 bits per heavy atom. The van der Waals surface area contributed by atoms with Gasteiger partial charge < -0.3 is 15.5 Å². The highest BCUT2D eigenvalue weighted by Gasteiger charge is 2.15. The minimum absolute atomic E-state index is 0.143. The van der Waals surface area contributed by atoms with Crippen LogP contribution in [-0.4, -0.2) is 48.0 Å². The van der Waals surface area contributed by atoms with E-state index in [0.29, 0.717) is 29.9 Å². The lowest BCUT2D eigenvalue weighted by atomic mass is 9.93. The Balaban J connectivity index is 2.10. The Bertz CT molecular complexity index is 743. The number of carbonyl (C=O) groups is 1. The number of nitrogens with one attached hydrogen (secondary N) is 2. The second-order valence-electron chi connectivity index (χ2n) is 7.95. The molecule has 1 aromatic heterocycles. The molecule has 0 aliphatic rings. The van der Waals surface area contributed by atoms with Crippen LogP contribution in [0.25, 0.3) is 0 Å². The van der Waals surface area contributed by atoms with Crippen molar-refractivity contribution >= 4 is 17.5 Å². The van der Waals surface area contributed by atoms with Crippen LogP contribution in [0.15, 0.2) is 30.6 Å². The summed E-state index contributed by atoms with van der Waals surface area (Å²) in [4.78, 5) is 23.0. The Hall–Kier alpha value is -2.47. The van der Waals surface area contributed by atoms with Crippen molar-refractivity contribution in [1.29, 1.82) is 0 Å². The van der Waals surface area contributed by atoms with Crippen molar-refractivity contribution in [1.82, 2.24) is 20.2 Å². The molecule has 0 saturated carbocycles. The molecule has 0 atom stereocenters. The molecule has 0 bridgehead atoms. The summed E-state index contributed by atoms with van der Waals surface area (Å²) < 4.78 is 0. The zero-order valence-electron chi connectivity index (χ0n) is 17.9. The molecular weight excluding hydrogens is 350 g/mol. The number of amides is 1. The van der Waals surface area contributed by atoms with Crippen molar-refractivity contribution in [3.05, 3.63) is 47.3 Å². The van der Waals surface area contributed by atoms with E-state index < -0.39 is 0 Å². The number of nitrogens with zero attached hydrogens (tertiary/aromatic N) is 3. The number of carbonyl (C=O) groups excluding carboxylic acids is 1. The van der Waals surface area contributed by atoms with Crippen LogP contribution in [0.1, 0.15) is 67.4 Å². The van der Waals surface area contributed by atoms with Crippen molar-refractivity contribution in [3.63, 3.8) is 0 Å². The molecule has 0 aliphatic heterocycles. The first kappa shape index (κ1) is 21.8. The maximum absolute atomic E-state index is 12.2. The number of para-hydroxylation sites is 1. The Morgan fingerprint density at radius 1 is 1.04 bits per heavy atom. The molecular formula is C22H33N5O. The van der Waals surface area contributed by atoms with Gasteiger partial charge >= 0.3 is 0 Å². The number of benzene rings is 1. The van der Waals surface area contributed by atoms with Crippen LogP contribution >= 0.6 is 0 Å². The van der Waals surface area contributed by atoms with Crippen LogP contribution in [0, 0.1) is 0 Å². The molecule has 0 fully saturated rings. The third-order valence-electron chi connectivity index (χ3n) is 4.59. The summed E-state index contributed by atoms with van der Waals surface area (Å²) in [7, 11) is 4.03. The van der Waals surface area contributed by atoms with Gasteiger partial charge in [0.25, 0.3) is 5.91 Å². The van der Waals surface area contributed by atoms with Crippen LogP contribution in [-0.2, 0) is 0 Å². The van der Waals surface area contributed by atoms with Crippen LogP contribution < -0.4 is 10.6 Å². The van der Waals surface area contributed by atoms with Crippen LogP contribution in [0.3, 0.4) is 0 Å². The van der Waals surface area contributed by atoms with E-state index in [1.807, 2.05) is 14.1 Å². The van der Waals surface area contributed by atoms with Gasteiger partial charge in [-0.05, 0) is 50.0 Å². The summed E-state index contributed by atoms with van der Waals surface area (Å²) in [5.74, 6) is 1.12. The van der Waals surface area contributed by atoms with Crippen molar-refractivity contribution in [2.75, 3.05) is 32.5 Å². The van der Waals surface area contributed by atoms with Gasteiger partial charge in [0.1, 0.15) is 0 Å². The van der Waals surface area contributed by atoms with E-state index in [1.165, 1.54) is 11.1 Å². The highest BCUT2D eigenvalue weighted by molar-refractivity contribution is 5.93. The Kier molecular flexibility index (Phi) is 7.93. The van der Waals surface area contributed by atoms with Crippen LogP contribution in [0.2, 0.25) is 0 Å². The number of aromatic nitrogens is 2. The highest BCUT2D eigenvalue weighted by Crippen LogP contribution is 2.33. The lowest BCUT2D eigenvalue weighted by Gasteiger charge is -2.20. The molecule has 0 aliphatic carbocycles. The molecule has 152 valence electrons. The first-order valence-corrected chi connectivity index (χ1v) is 9.94. The minimum Gasteiger partial charge on any atom is -0.352 e. The lowest BCUT2D eigenvalue weighted by molar-refractivity contribution is 0.0951. The molecule has 2 N–H and O–H groups in total. The van der Waals surface area contributed by atoms with Crippen molar-refractivity contribution < 1.29 is 4.79 Å². The summed E-state index contributed by atoms with van der Waals surface area (Å²) in [6, 6.07) is 6.36. The molecule has 2 aromatic rings. The molecule has 6 heteroatoms. The van der Waals surface area contributed by atoms with E-state index in [1.54, 1.807) is 12.4 Å². The molecule has 1 heterocycles. The average Bonchev–Trinajstić information content (AvgIpc) is 2.65. The first-order chi connectivity index (χ1) is 13.3. The molecule has 0 spiro atoms. The fourth-order valence-electron chi connectivity index (χ4n) is 3.02. The monoisotopic (exact) mass is 383 g/mol. The largest absolute Gasteiger partial charge is 0.352 e. The molecule has 2 rings (SSSR count). The first-order valence-electron chi connectivity index (χ1n) is 9.94. The fourth-order valence-corrected chi connectivity index (χ4v) is 3.02. The maximum Gasteiger partial charge on any atom is 0.254 e. The number of hydrogen-bond acceptors (Lipinski definition) is 5. The van der Waals surface area contributed by atoms with Gasteiger partial charge in [-0.3, -0.25) is 4.79 Å². The summed E-state index contributed by atoms with van der Waals surface area (Å²) in [6.07, 6.45) is 4.05. The predicted octanol–water partition coefficient (Wildman–Crippen LogP) is 4.15. The van der Waals surface area contributed by atoms with Crippen LogP contribution in [0.5, 0.6) is 0 Å². The summed E-state index contributed by atoms with van der Waals surface area (Å²) in [5, 5.41) is 6.28. The third kappa shape index (κ3) is 6.02. The zero-order valence-corrected chi connectivity index (χ0v) is 17.9. The molecule has 6 nitrogen and oxygen atoms in total. The Labute approximate surface area is 168 Å². The van der Waals surface area contributed by atoms with Crippen molar-refractivity contribution in [2.24, 2.45) is 0 Å². The predicted molar refractivity (Wildman–Crippen MR) is 115 cm³/mol. The standard InChI is InChI=1S/C22H33N5O/c1-15(2)18-9-7-10-19(16(3)4)20(18)26-22-24-13-17(14-25-22)21(28)23-11-8-12-27(5)6/h7,9-10,13-16H,8,11-12H2,1-6H3,(H,23,28)(H,24,25,26). The summed E-state index contributed by atoms with van der Waals surface area (Å²) >= 11 is 0. The normalized spacial score (nSPS) is 11.3. The topological polar surface area (TPSA) is 70.2 Å². The molecule has 1 aromatic carbocycles. The van der Waals surface area contributed by atoms with Gasteiger partial charge in [0.15, 0.2) is 0 Å². The summed E-state index contributed by atoms with van der Waals surface area (Å²) in [5.41, 5.74) is 4.00. The van der Waals surface area contributed by atoms with Gasteiger partial charge in [-0.25, -0.2) is 9.97 Å². The van der Waals surface area contributed by atoms with Crippen LogP contribution in [0.4, 0.5) is 11.6 Å². The van der Waals surface area contributed by atoms with E-state index in [-0.39, 0.29) is 5.91 Å². The number of rotatable bonds is 9. The van der Waals surface area contributed by atoms with Gasteiger partial charge in [0.2, 0.25) is 5.95 Å². The quantitative estimate of drug-likeness (QED) is 0.637. The van der Waals surface area contributed by atoms with E-state index in [4.69, 9.17) is 0 Å². The van der Waals surface area contributed by atoms with E-state index in [9.17, 15) is 4.79 Å². The lowest BCUT2D eigenvalue weighted by Crippen LogP contribution is -2.27. The maximum atomic E-state index is 12.2. The third-order valence-corrected chi connectivity index (χ3v) is 4.59.